The van der Waals surface area contributed by atoms with E-state index >= 15 is 0 Å². The Bertz CT molecular complexity index is 597. The number of anilines is 1. The van der Waals surface area contributed by atoms with Crippen molar-refractivity contribution >= 4 is 11.6 Å². The number of hydrogen-bond acceptors (Lipinski definition) is 3. The molecule has 2 heterocycles. The summed E-state index contributed by atoms with van der Waals surface area (Å²) in [6.07, 6.45) is 9.21. The maximum absolute atomic E-state index is 12.3. The molecule has 0 fully saturated rings. The van der Waals surface area contributed by atoms with Gasteiger partial charge in [-0.1, -0.05) is 26.7 Å². The highest BCUT2D eigenvalue weighted by molar-refractivity contribution is 5.92. The Morgan fingerprint density at radius 2 is 1.95 bits per heavy atom. The van der Waals surface area contributed by atoms with E-state index in [9.17, 15) is 4.79 Å². The molecular formula is C17H24N4O. The molecule has 5 heteroatoms. The van der Waals surface area contributed by atoms with Crippen molar-refractivity contribution in [3.8, 4) is 5.82 Å². The Morgan fingerprint density at radius 3 is 2.45 bits per heavy atom. The van der Waals surface area contributed by atoms with E-state index in [2.05, 4.69) is 29.1 Å². The van der Waals surface area contributed by atoms with Gasteiger partial charge in [0.05, 0.1) is 11.9 Å². The van der Waals surface area contributed by atoms with E-state index in [4.69, 9.17) is 0 Å². The summed E-state index contributed by atoms with van der Waals surface area (Å²) >= 11 is 0. The molecule has 0 saturated heterocycles. The SMILES string of the molecule is CCCC(CCC)C(=O)Nc1ccc(-n2ccnc2C)nc1. The second kappa shape index (κ2) is 7.73. The summed E-state index contributed by atoms with van der Waals surface area (Å²) < 4.78 is 1.91. The van der Waals surface area contributed by atoms with Gasteiger partial charge < -0.3 is 5.32 Å². The van der Waals surface area contributed by atoms with Crippen LogP contribution in [0.5, 0.6) is 0 Å². The molecule has 0 aromatic carbocycles. The van der Waals surface area contributed by atoms with Crippen LogP contribution in [-0.4, -0.2) is 20.4 Å². The summed E-state index contributed by atoms with van der Waals surface area (Å²) in [6, 6.07) is 3.77. The normalized spacial score (nSPS) is 10.9. The molecule has 2 aromatic rings. The highest BCUT2D eigenvalue weighted by Crippen LogP contribution is 2.17. The number of carbonyl (C=O) groups excluding carboxylic acids is 1. The lowest BCUT2D eigenvalue weighted by atomic mass is 9.97. The van der Waals surface area contributed by atoms with Crippen LogP contribution in [0, 0.1) is 12.8 Å². The van der Waals surface area contributed by atoms with Crippen molar-refractivity contribution in [1.29, 1.82) is 0 Å². The second-order valence-corrected chi connectivity index (χ2v) is 5.51. The van der Waals surface area contributed by atoms with Crippen LogP contribution in [0.3, 0.4) is 0 Å². The zero-order valence-electron chi connectivity index (χ0n) is 13.5. The fourth-order valence-electron chi connectivity index (χ4n) is 2.57. The molecule has 2 rings (SSSR count). The predicted octanol–water partition coefficient (Wildman–Crippen LogP) is 3.73. The summed E-state index contributed by atoms with van der Waals surface area (Å²) in [5, 5.41) is 2.97. The van der Waals surface area contributed by atoms with E-state index in [0.29, 0.717) is 0 Å². The summed E-state index contributed by atoms with van der Waals surface area (Å²) in [5.41, 5.74) is 0.740. The van der Waals surface area contributed by atoms with E-state index in [1.807, 2.05) is 29.8 Å². The number of rotatable bonds is 7. The molecule has 0 bridgehead atoms. The number of aromatic nitrogens is 3. The lowest BCUT2D eigenvalue weighted by Crippen LogP contribution is -2.22. The molecule has 1 N–H and O–H groups in total. The topological polar surface area (TPSA) is 59.8 Å². The number of imidazole rings is 1. The minimum absolute atomic E-state index is 0.0885. The summed E-state index contributed by atoms with van der Waals surface area (Å²) in [6.45, 7) is 6.15. The van der Waals surface area contributed by atoms with Gasteiger partial charge in [-0.15, -0.1) is 0 Å². The lowest BCUT2D eigenvalue weighted by Gasteiger charge is -2.15. The minimum Gasteiger partial charge on any atom is -0.324 e. The van der Waals surface area contributed by atoms with Crippen LogP contribution in [0.4, 0.5) is 5.69 Å². The third-order valence-corrected chi connectivity index (χ3v) is 3.73. The average Bonchev–Trinajstić information content (AvgIpc) is 2.94. The molecule has 0 aliphatic carbocycles. The van der Waals surface area contributed by atoms with Gasteiger partial charge in [-0.05, 0) is 31.9 Å². The van der Waals surface area contributed by atoms with Crippen molar-refractivity contribution in [2.24, 2.45) is 5.92 Å². The summed E-state index contributed by atoms with van der Waals surface area (Å²) in [7, 11) is 0. The first-order valence-corrected chi connectivity index (χ1v) is 7.93. The first kappa shape index (κ1) is 16.2. The van der Waals surface area contributed by atoms with Crippen LogP contribution in [0.25, 0.3) is 5.82 Å². The van der Waals surface area contributed by atoms with Crippen LogP contribution in [0.2, 0.25) is 0 Å². The van der Waals surface area contributed by atoms with Gasteiger partial charge in [0.15, 0.2) is 0 Å². The molecular weight excluding hydrogens is 276 g/mol. The Kier molecular flexibility index (Phi) is 5.69. The molecule has 0 spiro atoms. The molecule has 0 saturated carbocycles. The maximum atomic E-state index is 12.3. The lowest BCUT2D eigenvalue weighted by molar-refractivity contribution is -0.120. The molecule has 0 atom stereocenters. The van der Waals surface area contributed by atoms with Crippen molar-refractivity contribution in [1.82, 2.24) is 14.5 Å². The van der Waals surface area contributed by atoms with E-state index in [1.165, 1.54) is 0 Å². The van der Waals surface area contributed by atoms with Gasteiger partial charge in [-0.25, -0.2) is 9.97 Å². The fraction of sp³-hybridized carbons (Fsp3) is 0.471. The largest absolute Gasteiger partial charge is 0.324 e. The number of hydrogen-bond donors (Lipinski definition) is 1. The average molecular weight is 300 g/mol. The smallest absolute Gasteiger partial charge is 0.227 e. The monoisotopic (exact) mass is 300 g/mol. The minimum atomic E-state index is 0.0885. The molecule has 0 aliphatic heterocycles. The number of carbonyl (C=O) groups is 1. The van der Waals surface area contributed by atoms with Gasteiger partial charge >= 0.3 is 0 Å². The van der Waals surface area contributed by atoms with E-state index in [1.54, 1.807) is 12.4 Å². The van der Waals surface area contributed by atoms with Gasteiger partial charge in [0.25, 0.3) is 0 Å². The number of amides is 1. The van der Waals surface area contributed by atoms with Crippen LogP contribution in [0.1, 0.15) is 45.4 Å². The van der Waals surface area contributed by atoms with Crippen LogP contribution in [-0.2, 0) is 4.79 Å². The molecule has 118 valence electrons. The van der Waals surface area contributed by atoms with Crippen molar-refractivity contribution in [3.05, 3.63) is 36.5 Å². The van der Waals surface area contributed by atoms with Crippen molar-refractivity contribution in [2.75, 3.05) is 5.32 Å². The Hall–Kier alpha value is -2.17. The standard InChI is InChI=1S/C17H24N4O/c1-4-6-14(7-5-2)17(22)20-15-8-9-16(19-12-15)21-11-10-18-13(21)3/h8-12,14H,4-7H2,1-3H3,(H,20,22). The molecule has 22 heavy (non-hydrogen) atoms. The Morgan fingerprint density at radius 1 is 1.23 bits per heavy atom. The fourth-order valence-corrected chi connectivity index (χ4v) is 2.57. The third-order valence-electron chi connectivity index (χ3n) is 3.73. The van der Waals surface area contributed by atoms with Gasteiger partial charge in [-0.3, -0.25) is 9.36 Å². The van der Waals surface area contributed by atoms with Crippen molar-refractivity contribution in [2.45, 2.75) is 46.5 Å². The number of aryl methyl sites for hydroxylation is 1. The second-order valence-electron chi connectivity index (χ2n) is 5.51. The Labute approximate surface area is 131 Å². The Balaban J connectivity index is 2.04. The maximum Gasteiger partial charge on any atom is 0.227 e. The molecule has 1 amide bonds. The number of nitrogens with zero attached hydrogens (tertiary/aromatic N) is 3. The van der Waals surface area contributed by atoms with Crippen molar-refractivity contribution in [3.63, 3.8) is 0 Å². The van der Waals surface area contributed by atoms with E-state index in [0.717, 1.165) is 43.0 Å². The summed E-state index contributed by atoms with van der Waals surface area (Å²) in [4.78, 5) is 20.9. The van der Waals surface area contributed by atoms with Crippen LogP contribution in [0.15, 0.2) is 30.7 Å². The first-order valence-electron chi connectivity index (χ1n) is 7.93. The zero-order chi connectivity index (χ0) is 15.9. The van der Waals surface area contributed by atoms with Crippen LogP contribution >= 0.6 is 0 Å². The number of pyridine rings is 1. The third kappa shape index (κ3) is 3.93. The quantitative estimate of drug-likeness (QED) is 0.847. The summed E-state index contributed by atoms with van der Waals surface area (Å²) in [5.74, 6) is 1.87. The predicted molar refractivity (Wildman–Crippen MR) is 88.0 cm³/mol. The van der Waals surface area contributed by atoms with Gasteiger partial charge in [-0.2, -0.15) is 0 Å². The highest BCUT2D eigenvalue weighted by Gasteiger charge is 2.16. The number of nitrogens with one attached hydrogen (secondary N) is 1. The molecule has 2 aromatic heterocycles. The van der Waals surface area contributed by atoms with Crippen molar-refractivity contribution < 1.29 is 4.79 Å². The zero-order valence-corrected chi connectivity index (χ0v) is 13.5. The molecule has 0 aliphatic rings. The van der Waals surface area contributed by atoms with Gasteiger partial charge in [0.2, 0.25) is 5.91 Å². The highest BCUT2D eigenvalue weighted by atomic mass is 16.1. The van der Waals surface area contributed by atoms with E-state index in [-0.39, 0.29) is 11.8 Å². The van der Waals surface area contributed by atoms with Crippen LogP contribution < -0.4 is 5.32 Å². The molecule has 5 nitrogen and oxygen atoms in total. The van der Waals surface area contributed by atoms with Gasteiger partial charge in [0.1, 0.15) is 11.6 Å². The van der Waals surface area contributed by atoms with E-state index < -0.39 is 0 Å². The molecule has 0 unspecified atom stereocenters. The first-order chi connectivity index (χ1) is 10.7. The molecule has 0 radical (unpaired) electrons. The van der Waals surface area contributed by atoms with Gasteiger partial charge in [0, 0.05) is 18.3 Å².